The van der Waals surface area contributed by atoms with Crippen molar-refractivity contribution in [3.05, 3.63) is 23.8 Å². The summed E-state index contributed by atoms with van der Waals surface area (Å²) in [5, 5.41) is 32.2. The third-order valence-electron chi connectivity index (χ3n) is 9.06. The summed E-state index contributed by atoms with van der Waals surface area (Å²) < 4.78 is 17.0. The fraction of sp³-hybridized carbons (Fsp3) is 0.739. The smallest absolute Gasteiger partial charge is 0.190 e. The average Bonchev–Trinajstić information content (AvgIpc) is 2.89. The van der Waals surface area contributed by atoms with E-state index in [1.54, 1.807) is 20.9 Å². The Balaban J connectivity index is 1.83. The lowest BCUT2D eigenvalue weighted by molar-refractivity contribution is -0.219. The highest BCUT2D eigenvalue weighted by Crippen LogP contribution is 2.70. The summed E-state index contributed by atoms with van der Waals surface area (Å²) in [5.41, 5.74) is -3.82. The molecule has 3 N–H and O–H groups in total. The van der Waals surface area contributed by atoms with Crippen LogP contribution < -0.4 is 0 Å². The highest BCUT2D eigenvalue weighted by Gasteiger charge is 2.75. The number of aliphatic imine (C=N–C) groups is 1. The van der Waals surface area contributed by atoms with E-state index in [4.69, 9.17) is 0 Å². The number of allylic oxidation sites excluding steroid dienone is 4. The lowest BCUT2D eigenvalue weighted by atomic mass is 9.44. The van der Waals surface area contributed by atoms with Gasteiger partial charge in [0.05, 0.1) is 11.8 Å². The number of hydrogen-bond acceptors (Lipinski definition) is 5. The van der Waals surface area contributed by atoms with Crippen molar-refractivity contribution in [2.45, 2.75) is 63.8 Å². The Kier molecular flexibility index (Phi) is 4.55. The second kappa shape index (κ2) is 6.32. The zero-order valence-electron chi connectivity index (χ0n) is 17.7. The highest BCUT2D eigenvalue weighted by molar-refractivity contribution is 6.05. The van der Waals surface area contributed by atoms with Crippen LogP contribution in [0.25, 0.3) is 0 Å². The summed E-state index contributed by atoms with van der Waals surface area (Å²) in [6, 6.07) is 0. The topological polar surface area (TPSA) is 90.1 Å². The zero-order chi connectivity index (χ0) is 21.4. The predicted octanol–water partition coefficient (Wildman–Crippen LogP) is 2.40. The maximum atomic E-state index is 17.0. The summed E-state index contributed by atoms with van der Waals surface area (Å²) in [5.74, 6) is -1.76. The number of alkyl halides is 1. The van der Waals surface area contributed by atoms with Gasteiger partial charge in [0.1, 0.15) is 12.2 Å². The molecule has 0 saturated heterocycles. The molecule has 8 atom stereocenters. The van der Waals surface area contributed by atoms with Crippen LogP contribution in [-0.4, -0.2) is 57.8 Å². The second-order valence-corrected chi connectivity index (χ2v) is 10.00. The molecule has 6 heteroatoms. The molecule has 160 valence electrons. The van der Waals surface area contributed by atoms with Crippen LogP contribution in [0.2, 0.25) is 0 Å². The summed E-state index contributed by atoms with van der Waals surface area (Å²) in [6.45, 7) is 4.69. The standard InChI is InChI=1S/C23H32FNO4/c1-13-9-17-16-6-5-14-10-15(25-4)7-8-20(14,2)22(16,24)18(27)11-21(17,3)23(13,29)19(28)12-26/h7-8,10,13,16-18,26-27,29H,5-6,9,11-12H2,1-4H3/b25-15+/t13-,16+,17+,18+,20+,21+,22+,23+/m1/s1. The minimum atomic E-state index is -1.88. The number of ketones is 1. The van der Waals surface area contributed by atoms with Crippen molar-refractivity contribution in [3.63, 3.8) is 0 Å². The molecule has 0 aromatic carbocycles. The Labute approximate surface area is 171 Å². The Bertz CT molecular complexity index is 837. The first-order valence-electron chi connectivity index (χ1n) is 10.6. The molecule has 0 unspecified atom stereocenters. The van der Waals surface area contributed by atoms with E-state index in [0.717, 1.165) is 11.3 Å². The van der Waals surface area contributed by atoms with E-state index in [-0.39, 0.29) is 12.3 Å². The van der Waals surface area contributed by atoms with Gasteiger partial charge in [-0.2, -0.15) is 0 Å². The number of Topliss-reactive ketones (excluding diaryl/α,β-unsaturated/α-hetero) is 1. The van der Waals surface area contributed by atoms with Crippen LogP contribution in [0.3, 0.4) is 0 Å². The molecule has 5 nitrogen and oxygen atoms in total. The third kappa shape index (κ3) is 2.26. The number of carbonyl (C=O) groups is 1. The molecule has 0 heterocycles. The predicted molar refractivity (Wildman–Crippen MR) is 108 cm³/mol. The number of aliphatic hydroxyl groups is 3. The van der Waals surface area contributed by atoms with Crippen LogP contribution in [0.4, 0.5) is 4.39 Å². The molecular formula is C23H32FNO4. The van der Waals surface area contributed by atoms with Crippen LogP contribution in [0.15, 0.2) is 28.8 Å². The van der Waals surface area contributed by atoms with Gasteiger partial charge in [-0.05, 0) is 56.6 Å². The van der Waals surface area contributed by atoms with Crippen molar-refractivity contribution in [2.75, 3.05) is 13.7 Å². The number of fused-ring (bicyclic) bond motifs is 5. The van der Waals surface area contributed by atoms with Crippen LogP contribution in [0.1, 0.15) is 46.5 Å². The number of halogens is 1. The number of carbonyl (C=O) groups excluding carboxylic acids is 1. The number of aliphatic hydroxyl groups excluding tert-OH is 2. The third-order valence-corrected chi connectivity index (χ3v) is 9.06. The van der Waals surface area contributed by atoms with E-state index in [9.17, 15) is 20.1 Å². The second-order valence-electron chi connectivity index (χ2n) is 10.00. The van der Waals surface area contributed by atoms with Gasteiger partial charge in [0.15, 0.2) is 11.5 Å². The summed E-state index contributed by atoms with van der Waals surface area (Å²) in [7, 11) is 1.70. The van der Waals surface area contributed by atoms with Crippen molar-refractivity contribution in [1.29, 1.82) is 0 Å². The van der Waals surface area contributed by atoms with Gasteiger partial charge in [0.25, 0.3) is 0 Å². The Morgan fingerprint density at radius 2 is 2.03 bits per heavy atom. The van der Waals surface area contributed by atoms with E-state index in [0.29, 0.717) is 19.3 Å². The quantitative estimate of drug-likeness (QED) is 0.658. The van der Waals surface area contributed by atoms with Crippen LogP contribution in [0, 0.1) is 28.6 Å². The molecule has 0 amide bonds. The van der Waals surface area contributed by atoms with Crippen molar-refractivity contribution < 1.29 is 24.5 Å². The maximum Gasteiger partial charge on any atom is 0.190 e. The first-order chi connectivity index (χ1) is 13.5. The lowest BCUT2D eigenvalue weighted by Crippen LogP contribution is -2.69. The molecule has 0 aromatic rings. The minimum Gasteiger partial charge on any atom is -0.390 e. The lowest BCUT2D eigenvalue weighted by Gasteiger charge is -2.62. The summed E-state index contributed by atoms with van der Waals surface area (Å²) >= 11 is 0. The molecule has 3 fully saturated rings. The molecule has 0 radical (unpaired) electrons. The Hall–Kier alpha value is -1.37. The number of rotatable bonds is 2. The van der Waals surface area contributed by atoms with Crippen molar-refractivity contribution in [2.24, 2.45) is 33.6 Å². The van der Waals surface area contributed by atoms with Crippen LogP contribution in [0.5, 0.6) is 0 Å². The van der Waals surface area contributed by atoms with E-state index in [1.165, 1.54) is 0 Å². The minimum absolute atomic E-state index is 0.0112. The van der Waals surface area contributed by atoms with Gasteiger partial charge in [-0.15, -0.1) is 0 Å². The van der Waals surface area contributed by atoms with Gasteiger partial charge < -0.3 is 15.3 Å². The monoisotopic (exact) mass is 405 g/mol. The molecule has 4 rings (SSSR count). The van der Waals surface area contributed by atoms with Gasteiger partial charge in [-0.3, -0.25) is 9.79 Å². The molecule has 0 aliphatic heterocycles. The highest BCUT2D eigenvalue weighted by atomic mass is 19.1. The molecule has 0 aromatic heterocycles. The maximum absolute atomic E-state index is 17.0. The van der Waals surface area contributed by atoms with Crippen LogP contribution >= 0.6 is 0 Å². The van der Waals surface area contributed by atoms with Gasteiger partial charge in [0, 0.05) is 23.8 Å². The molecule has 3 saturated carbocycles. The van der Waals surface area contributed by atoms with Crippen molar-refractivity contribution >= 4 is 11.5 Å². The molecule has 4 aliphatic carbocycles. The Morgan fingerprint density at radius 1 is 1.34 bits per heavy atom. The first kappa shape index (κ1) is 20.9. The number of hydrogen-bond donors (Lipinski definition) is 3. The molecule has 4 aliphatic rings. The SMILES string of the molecule is C/N=C1\C=C[C@@]2(C)C(=C1)CC[C@H]1[C@@H]3C[C@@H](C)[C@](O)(C(=O)CO)[C@@]3(C)C[C@H](O)[C@@]12F. The fourth-order valence-electron chi connectivity index (χ4n) is 7.41. The van der Waals surface area contributed by atoms with E-state index < -0.39 is 52.4 Å². The molecule has 0 spiro atoms. The average molecular weight is 406 g/mol. The molecular weight excluding hydrogens is 373 g/mol. The molecule has 0 bridgehead atoms. The Morgan fingerprint density at radius 3 is 2.66 bits per heavy atom. The summed E-state index contributed by atoms with van der Waals surface area (Å²) in [6.07, 6.45) is 6.00. The van der Waals surface area contributed by atoms with Crippen molar-refractivity contribution in [3.8, 4) is 0 Å². The van der Waals surface area contributed by atoms with Gasteiger partial charge in [-0.25, -0.2) is 4.39 Å². The zero-order valence-corrected chi connectivity index (χ0v) is 17.7. The number of nitrogens with zero attached hydrogens (tertiary/aromatic N) is 1. The van der Waals surface area contributed by atoms with Crippen molar-refractivity contribution in [1.82, 2.24) is 0 Å². The van der Waals surface area contributed by atoms with E-state index in [1.807, 2.05) is 25.2 Å². The van der Waals surface area contributed by atoms with Gasteiger partial charge in [-0.1, -0.05) is 25.5 Å². The summed E-state index contributed by atoms with van der Waals surface area (Å²) in [4.78, 5) is 16.8. The van der Waals surface area contributed by atoms with Gasteiger partial charge >= 0.3 is 0 Å². The first-order valence-corrected chi connectivity index (χ1v) is 10.6. The molecule has 29 heavy (non-hydrogen) atoms. The van der Waals surface area contributed by atoms with Gasteiger partial charge in [0.2, 0.25) is 0 Å². The largest absolute Gasteiger partial charge is 0.390 e. The fourth-order valence-corrected chi connectivity index (χ4v) is 7.41. The van der Waals surface area contributed by atoms with E-state index in [2.05, 4.69) is 4.99 Å². The van der Waals surface area contributed by atoms with E-state index >= 15 is 4.39 Å². The normalized spacial score (nSPS) is 52.6. The van der Waals surface area contributed by atoms with Crippen LogP contribution in [-0.2, 0) is 4.79 Å².